The quantitative estimate of drug-likeness (QED) is 0.710. The molecule has 1 atom stereocenters. The zero-order valence-electron chi connectivity index (χ0n) is 14.3. The molecule has 7 nitrogen and oxygen atoms in total. The first kappa shape index (κ1) is 17.3. The fraction of sp³-hybridized carbons (Fsp3) is 0.294. The molecule has 0 aliphatic carbocycles. The number of halogens is 1. The molecular weight excluding hydrogens is 384 g/mol. The zero-order valence-corrected chi connectivity index (χ0v) is 15.9. The van der Waals surface area contributed by atoms with Crippen LogP contribution in [0.1, 0.15) is 29.8 Å². The summed E-state index contributed by atoms with van der Waals surface area (Å²) < 4.78 is 4.18. The molecule has 0 aliphatic heterocycles. The molecule has 0 saturated carbocycles. The standard InChI is InChI=1S/C17H19BrN6O/c1-11-5-4-6-14(7-11)8-23-10-19-17(22-23)20-16(25)13(3)24-9-15(18)12(2)21-24/h4-7,9-10,13H,8H2,1-3H3,(H,20,22,25). The number of aromatic nitrogens is 5. The van der Waals surface area contributed by atoms with E-state index in [4.69, 9.17) is 0 Å². The largest absolute Gasteiger partial charge is 0.291 e. The number of anilines is 1. The molecule has 3 rings (SSSR count). The van der Waals surface area contributed by atoms with Crippen LogP contribution < -0.4 is 5.32 Å². The molecule has 2 aromatic heterocycles. The summed E-state index contributed by atoms with van der Waals surface area (Å²) in [5.74, 6) is 0.0655. The predicted octanol–water partition coefficient (Wildman–Crippen LogP) is 3.10. The van der Waals surface area contributed by atoms with Gasteiger partial charge in [0, 0.05) is 6.20 Å². The van der Waals surface area contributed by atoms with Crippen LogP contribution in [0, 0.1) is 13.8 Å². The second kappa shape index (κ2) is 7.18. The van der Waals surface area contributed by atoms with Crippen LogP contribution in [-0.2, 0) is 11.3 Å². The smallest absolute Gasteiger partial charge is 0.251 e. The maximum Gasteiger partial charge on any atom is 0.251 e. The van der Waals surface area contributed by atoms with Crippen LogP contribution in [0.4, 0.5) is 5.95 Å². The summed E-state index contributed by atoms with van der Waals surface area (Å²) in [7, 11) is 0. The van der Waals surface area contributed by atoms with Gasteiger partial charge in [-0.05, 0) is 42.3 Å². The molecular formula is C17H19BrN6O. The van der Waals surface area contributed by atoms with Crippen LogP contribution in [0.25, 0.3) is 0 Å². The van der Waals surface area contributed by atoms with Gasteiger partial charge in [0.25, 0.3) is 5.91 Å². The van der Waals surface area contributed by atoms with Crippen LogP contribution in [-0.4, -0.2) is 30.5 Å². The molecule has 130 valence electrons. The molecule has 0 saturated heterocycles. The highest BCUT2D eigenvalue weighted by atomic mass is 79.9. The van der Waals surface area contributed by atoms with Gasteiger partial charge in [0.2, 0.25) is 5.95 Å². The average molecular weight is 403 g/mol. The first-order chi connectivity index (χ1) is 11.9. The van der Waals surface area contributed by atoms with Crippen molar-refractivity contribution in [2.24, 2.45) is 0 Å². The maximum absolute atomic E-state index is 12.4. The van der Waals surface area contributed by atoms with E-state index >= 15 is 0 Å². The van der Waals surface area contributed by atoms with Gasteiger partial charge in [-0.25, -0.2) is 9.67 Å². The molecule has 0 aliphatic rings. The van der Waals surface area contributed by atoms with Crippen molar-refractivity contribution in [2.75, 3.05) is 5.32 Å². The highest BCUT2D eigenvalue weighted by molar-refractivity contribution is 9.10. The summed E-state index contributed by atoms with van der Waals surface area (Å²) in [6.07, 6.45) is 3.39. The third-order valence-corrected chi connectivity index (χ3v) is 4.61. The lowest BCUT2D eigenvalue weighted by atomic mass is 10.1. The number of hydrogen-bond acceptors (Lipinski definition) is 4. The Balaban J connectivity index is 1.65. The Bertz CT molecular complexity index is 881. The normalized spacial score (nSPS) is 12.2. The third kappa shape index (κ3) is 4.14. The van der Waals surface area contributed by atoms with E-state index < -0.39 is 6.04 Å². The van der Waals surface area contributed by atoms with Crippen molar-refractivity contribution in [1.82, 2.24) is 24.5 Å². The second-order valence-corrected chi connectivity index (χ2v) is 6.82. The maximum atomic E-state index is 12.4. The molecule has 25 heavy (non-hydrogen) atoms. The van der Waals surface area contributed by atoms with Crippen LogP contribution in [0.5, 0.6) is 0 Å². The van der Waals surface area contributed by atoms with Gasteiger partial charge in [-0.3, -0.25) is 14.8 Å². The topological polar surface area (TPSA) is 77.6 Å². The van der Waals surface area contributed by atoms with Crippen LogP contribution in [0.2, 0.25) is 0 Å². The number of amides is 1. The van der Waals surface area contributed by atoms with Gasteiger partial charge in [0.1, 0.15) is 12.4 Å². The van der Waals surface area contributed by atoms with Crippen molar-refractivity contribution < 1.29 is 4.79 Å². The van der Waals surface area contributed by atoms with E-state index in [1.807, 2.05) is 32.0 Å². The number of nitrogens with zero attached hydrogens (tertiary/aromatic N) is 5. The highest BCUT2D eigenvalue weighted by Crippen LogP contribution is 2.17. The van der Waals surface area contributed by atoms with Gasteiger partial charge in [0.15, 0.2) is 0 Å². The first-order valence-electron chi connectivity index (χ1n) is 7.89. The average Bonchev–Trinajstić information content (AvgIpc) is 3.13. The van der Waals surface area contributed by atoms with Crippen molar-refractivity contribution in [3.63, 3.8) is 0 Å². The summed E-state index contributed by atoms with van der Waals surface area (Å²) in [5, 5.41) is 11.3. The molecule has 8 heteroatoms. The fourth-order valence-electron chi connectivity index (χ4n) is 2.42. The summed E-state index contributed by atoms with van der Waals surface area (Å²) in [6, 6.07) is 7.73. The molecule has 1 N–H and O–H groups in total. The first-order valence-corrected chi connectivity index (χ1v) is 8.69. The minimum absolute atomic E-state index is 0.219. The SMILES string of the molecule is Cc1cccc(Cn2cnc(NC(=O)C(C)n3cc(Br)c(C)n3)n2)c1. The van der Waals surface area contributed by atoms with E-state index in [1.54, 1.807) is 28.8 Å². The minimum atomic E-state index is -0.464. The fourth-order valence-corrected chi connectivity index (χ4v) is 2.71. The number of carbonyl (C=O) groups excluding carboxylic acids is 1. The van der Waals surface area contributed by atoms with E-state index in [-0.39, 0.29) is 11.9 Å². The van der Waals surface area contributed by atoms with Crippen LogP contribution in [0.15, 0.2) is 41.3 Å². The van der Waals surface area contributed by atoms with E-state index in [1.165, 1.54) is 5.56 Å². The van der Waals surface area contributed by atoms with Crippen molar-refractivity contribution in [2.45, 2.75) is 33.4 Å². The highest BCUT2D eigenvalue weighted by Gasteiger charge is 2.18. The number of rotatable bonds is 5. The van der Waals surface area contributed by atoms with Crippen LogP contribution >= 0.6 is 15.9 Å². The van der Waals surface area contributed by atoms with Gasteiger partial charge in [-0.2, -0.15) is 5.10 Å². The molecule has 1 aromatic carbocycles. The lowest BCUT2D eigenvalue weighted by Crippen LogP contribution is -2.24. The Labute approximate surface area is 154 Å². The number of benzene rings is 1. The molecule has 2 heterocycles. The Hall–Kier alpha value is -2.48. The second-order valence-electron chi connectivity index (χ2n) is 5.96. The van der Waals surface area contributed by atoms with E-state index in [0.29, 0.717) is 6.54 Å². The Morgan fingerprint density at radius 1 is 1.32 bits per heavy atom. The molecule has 1 amide bonds. The number of carbonyl (C=O) groups is 1. The van der Waals surface area contributed by atoms with Gasteiger partial charge in [-0.1, -0.05) is 29.8 Å². The summed E-state index contributed by atoms with van der Waals surface area (Å²) in [5.41, 5.74) is 3.16. The Kier molecular flexibility index (Phi) is 4.98. The van der Waals surface area contributed by atoms with E-state index in [2.05, 4.69) is 42.5 Å². The molecule has 0 fully saturated rings. The number of nitrogens with one attached hydrogen (secondary N) is 1. The molecule has 3 aromatic rings. The monoisotopic (exact) mass is 402 g/mol. The van der Waals surface area contributed by atoms with Crippen molar-refractivity contribution in [3.05, 3.63) is 58.1 Å². The Morgan fingerprint density at radius 2 is 2.12 bits per heavy atom. The van der Waals surface area contributed by atoms with Gasteiger partial charge < -0.3 is 0 Å². The van der Waals surface area contributed by atoms with Gasteiger partial charge in [-0.15, -0.1) is 5.10 Å². The number of aryl methyl sites for hydroxylation is 2. The lowest BCUT2D eigenvalue weighted by molar-refractivity contribution is -0.119. The molecule has 1 unspecified atom stereocenters. The molecule has 0 spiro atoms. The number of hydrogen-bond donors (Lipinski definition) is 1. The zero-order chi connectivity index (χ0) is 18.0. The minimum Gasteiger partial charge on any atom is -0.291 e. The molecule has 0 bridgehead atoms. The van der Waals surface area contributed by atoms with E-state index in [0.717, 1.165) is 15.7 Å². The predicted molar refractivity (Wildman–Crippen MR) is 98.3 cm³/mol. The van der Waals surface area contributed by atoms with E-state index in [9.17, 15) is 4.79 Å². The summed E-state index contributed by atoms with van der Waals surface area (Å²) in [6.45, 7) is 6.30. The van der Waals surface area contributed by atoms with Crippen LogP contribution in [0.3, 0.4) is 0 Å². The van der Waals surface area contributed by atoms with Gasteiger partial charge in [0.05, 0.1) is 16.7 Å². The van der Waals surface area contributed by atoms with Gasteiger partial charge >= 0.3 is 0 Å². The van der Waals surface area contributed by atoms with Crippen molar-refractivity contribution >= 4 is 27.8 Å². The summed E-state index contributed by atoms with van der Waals surface area (Å²) in [4.78, 5) is 16.5. The third-order valence-electron chi connectivity index (χ3n) is 3.83. The molecule has 0 radical (unpaired) electrons. The Morgan fingerprint density at radius 3 is 2.80 bits per heavy atom. The lowest BCUT2D eigenvalue weighted by Gasteiger charge is -2.10. The summed E-state index contributed by atoms with van der Waals surface area (Å²) >= 11 is 3.40. The van der Waals surface area contributed by atoms with Crippen molar-refractivity contribution in [3.8, 4) is 0 Å². The van der Waals surface area contributed by atoms with Crippen molar-refractivity contribution in [1.29, 1.82) is 0 Å².